The maximum Gasteiger partial charge on any atom is 0.407 e. The van der Waals surface area contributed by atoms with E-state index in [0.717, 1.165) is 34.2 Å². The van der Waals surface area contributed by atoms with Gasteiger partial charge in [-0.25, -0.2) is 4.79 Å². The fraction of sp³-hybridized carbons (Fsp3) is 0.550. The third-order valence-corrected chi connectivity index (χ3v) is 7.14. The molecule has 1 aromatic carbocycles. The largest absolute Gasteiger partial charge is 0.465 e. The lowest BCUT2D eigenvalue weighted by atomic mass is 10.1. The number of benzene rings is 1. The van der Waals surface area contributed by atoms with Gasteiger partial charge >= 0.3 is 12.1 Å². The summed E-state index contributed by atoms with van der Waals surface area (Å²) in [6, 6.07) is 4.38. The number of carbonyl (C=O) groups is 1. The fourth-order valence-electron chi connectivity index (χ4n) is 4.18. The average Bonchev–Trinajstić information content (AvgIpc) is 3.11. The highest BCUT2D eigenvalue weighted by atomic mass is 79.9. The molecule has 4 rings (SSSR count). The van der Waals surface area contributed by atoms with E-state index in [1.165, 1.54) is 11.3 Å². The quantitative estimate of drug-likeness (QED) is 0.688. The summed E-state index contributed by atoms with van der Waals surface area (Å²) in [7, 11) is 2.11. The van der Waals surface area contributed by atoms with Crippen LogP contribution in [0.15, 0.2) is 16.6 Å². The van der Waals surface area contributed by atoms with Gasteiger partial charge in [0, 0.05) is 41.6 Å². The van der Waals surface area contributed by atoms with Crippen molar-refractivity contribution in [3.63, 3.8) is 0 Å². The summed E-state index contributed by atoms with van der Waals surface area (Å²) < 4.78 is 6.78. The Morgan fingerprint density at radius 3 is 2.80 bits per heavy atom. The molecule has 10 heteroatoms. The first-order chi connectivity index (χ1) is 14.3. The number of aromatic nitrogens is 2. The summed E-state index contributed by atoms with van der Waals surface area (Å²) in [5, 5.41) is 10.7. The molecule has 2 saturated heterocycles. The number of carboxylic acid groups (broad SMARTS) is 1. The first-order valence-electron chi connectivity index (χ1n) is 10.1. The predicted molar refractivity (Wildman–Crippen MR) is 120 cm³/mol. The van der Waals surface area contributed by atoms with Gasteiger partial charge in [-0.3, -0.25) is 0 Å². The minimum atomic E-state index is -0.897. The Morgan fingerprint density at radius 2 is 2.13 bits per heavy atom. The van der Waals surface area contributed by atoms with Crippen molar-refractivity contribution in [3.05, 3.63) is 21.6 Å². The number of amides is 1. The number of likely N-dealkylation sites (N-methyl/N-ethyl adjacent to an activating group) is 1. The number of fused-ring (bicyclic) bond motifs is 1. The Morgan fingerprint density at radius 1 is 1.33 bits per heavy atom. The van der Waals surface area contributed by atoms with E-state index in [2.05, 4.69) is 37.8 Å². The third-order valence-electron chi connectivity index (χ3n) is 5.94. The van der Waals surface area contributed by atoms with E-state index in [4.69, 9.17) is 21.3 Å². The highest BCUT2D eigenvalue weighted by Gasteiger charge is 2.29. The highest BCUT2D eigenvalue weighted by Crippen LogP contribution is 2.34. The molecule has 1 aromatic heterocycles. The predicted octanol–water partition coefficient (Wildman–Crippen LogP) is 3.71. The van der Waals surface area contributed by atoms with Gasteiger partial charge in [0.15, 0.2) is 0 Å². The monoisotopic (exact) mass is 497 g/mol. The third kappa shape index (κ3) is 4.29. The molecule has 2 aliphatic rings. The molecule has 0 bridgehead atoms. The van der Waals surface area contributed by atoms with Gasteiger partial charge in [0.1, 0.15) is 12.4 Å². The Kier molecular flexibility index (Phi) is 6.22. The Bertz CT molecular complexity index is 962. The maximum absolute atomic E-state index is 11.4. The Labute approximate surface area is 188 Å². The molecule has 2 aliphatic heterocycles. The van der Waals surface area contributed by atoms with Gasteiger partial charge in [-0.15, -0.1) is 0 Å². The summed E-state index contributed by atoms with van der Waals surface area (Å²) >= 11 is 9.83. The topological polar surface area (TPSA) is 82.0 Å². The lowest BCUT2D eigenvalue weighted by molar-refractivity contribution is 0.136. The molecule has 0 aliphatic carbocycles. The summed E-state index contributed by atoms with van der Waals surface area (Å²) in [5.41, 5.74) is 0.735. The molecule has 0 spiro atoms. The molecular formula is C20H25BrClN5O3. The number of hydrogen-bond donors (Lipinski definition) is 1. The van der Waals surface area contributed by atoms with Crippen molar-refractivity contribution in [2.75, 3.05) is 44.7 Å². The molecule has 1 N–H and O–H groups in total. The number of ether oxygens (including phenoxy) is 1. The van der Waals surface area contributed by atoms with Gasteiger partial charge in [-0.1, -0.05) is 11.6 Å². The van der Waals surface area contributed by atoms with E-state index in [0.29, 0.717) is 43.3 Å². The molecule has 2 aromatic rings. The fourth-order valence-corrected chi connectivity index (χ4v) is 4.67. The number of nitrogens with zero attached hydrogens (tertiary/aromatic N) is 5. The number of halogens is 2. The number of rotatable bonds is 4. The van der Waals surface area contributed by atoms with Crippen LogP contribution in [0, 0.1) is 0 Å². The molecule has 162 valence electrons. The molecule has 3 heterocycles. The standard InChI is InChI=1S/C20H25BrClN5O3/c1-12-10-26(20(28)29)6-7-27(12)18-14-8-16(22)15(21)9-17(14)23-19(24-18)30-11-13-4-3-5-25(13)2/h8-9,12-13H,3-7,10-11H2,1-2H3,(H,28,29). The van der Waals surface area contributed by atoms with Crippen LogP contribution in [-0.4, -0.2) is 82.9 Å². The SMILES string of the molecule is CC1CN(C(=O)O)CCN1c1nc(OCC2CCCN2C)nc2cc(Br)c(Cl)cc12. The summed E-state index contributed by atoms with van der Waals surface area (Å²) in [6.07, 6.45) is 1.38. The average molecular weight is 499 g/mol. The van der Waals surface area contributed by atoms with Crippen LogP contribution in [-0.2, 0) is 0 Å². The van der Waals surface area contributed by atoms with Crippen LogP contribution in [0.3, 0.4) is 0 Å². The minimum Gasteiger partial charge on any atom is -0.465 e. The molecular weight excluding hydrogens is 474 g/mol. The number of likely N-dealkylation sites (tertiary alicyclic amines) is 1. The van der Waals surface area contributed by atoms with Crippen molar-refractivity contribution >= 4 is 50.3 Å². The lowest BCUT2D eigenvalue weighted by Crippen LogP contribution is -2.53. The van der Waals surface area contributed by atoms with Gasteiger partial charge in [-0.2, -0.15) is 9.97 Å². The molecule has 1 amide bonds. The molecule has 0 radical (unpaired) electrons. The second-order valence-corrected chi connectivity index (χ2v) is 9.23. The van der Waals surface area contributed by atoms with Gasteiger partial charge in [0.05, 0.1) is 10.5 Å². The minimum absolute atomic E-state index is 0.0378. The van der Waals surface area contributed by atoms with Crippen molar-refractivity contribution in [3.8, 4) is 6.01 Å². The van der Waals surface area contributed by atoms with Crippen LogP contribution < -0.4 is 9.64 Å². The zero-order chi connectivity index (χ0) is 21.4. The zero-order valence-corrected chi connectivity index (χ0v) is 19.4. The van der Waals surface area contributed by atoms with Crippen molar-refractivity contribution in [2.45, 2.75) is 31.8 Å². The molecule has 2 fully saturated rings. The van der Waals surface area contributed by atoms with E-state index in [9.17, 15) is 9.90 Å². The molecule has 2 unspecified atom stereocenters. The second kappa shape index (κ2) is 8.72. The Balaban J connectivity index is 1.67. The van der Waals surface area contributed by atoms with Gasteiger partial charge in [0.25, 0.3) is 0 Å². The first kappa shape index (κ1) is 21.4. The van der Waals surface area contributed by atoms with E-state index < -0.39 is 6.09 Å². The van der Waals surface area contributed by atoms with Crippen LogP contribution >= 0.6 is 27.5 Å². The molecule has 30 heavy (non-hydrogen) atoms. The van der Waals surface area contributed by atoms with Gasteiger partial charge in [-0.05, 0) is 61.4 Å². The van der Waals surface area contributed by atoms with Crippen LogP contribution in [0.4, 0.5) is 10.6 Å². The van der Waals surface area contributed by atoms with Crippen molar-refractivity contribution in [2.24, 2.45) is 0 Å². The van der Waals surface area contributed by atoms with Gasteiger partial charge < -0.3 is 24.5 Å². The van der Waals surface area contributed by atoms with Crippen LogP contribution in [0.2, 0.25) is 5.02 Å². The van der Waals surface area contributed by atoms with Crippen molar-refractivity contribution in [1.82, 2.24) is 19.8 Å². The normalized spacial score (nSPS) is 22.7. The lowest BCUT2D eigenvalue weighted by Gasteiger charge is -2.39. The van der Waals surface area contributed by atoms with E-state index in [1.54, 1.807) is 0 Å². The van der Waals surface area contributed by atoms with Crippen LogP contribution in [0.1, 0.15) is 19.8 Å². The second-order valence-electron chi connectivity index (χ2n) is 7.97. The maximum atomic E-state index is 11.4. The summed E-state index contributed by atoms with van der Waals surface area (Å²) in [6.45, 7) is 4.98. The van der Waals surface area contributed by atoms with Crippen LogP contribution in [0.25, 0.3) is 10.9 Å². The van der Waals surface area contributed by atoms with E-state index in [1.807, 2.05) is 19.1 Å². The van der Waals surface area contributed by atoms with Crippen LogP contribution in [0.5, 0.6) is 6.01 Å². The van der Waals surface area contributed by atoms with E-state index in [-0.39, 0.29) is 6.04 Å². The van der Waals surface area contributed by atoms with Crippen molar-refractivity contribution in [1.29, 1.82) is 0 Å². The van der Waals surface area contributed by atoms with Crippen molar-refractivity contribution < 1.29 is 14.6 Å². The molecule has 0 saturated carbocycles. The summed E-state index contributed by atoms with van der Waals surface area (Å²) in [5.74, 6) is 0.724. The number of piperazine rings is 1. The Hall–Kier alpha value is -1.84. The summed E-state index contributed by atoms with van der Waals surface area (Å²) in [4.78, 5) is 26.6. The smallest absolute Gasteiger partial charge is 0.407 e. The zero-order valence-electron chi connectivity index (χ0n) is 17.0. The van der Waals surface area contributed by atoms with Gasteiger partial charge in [0.2, 0.25) is 0 Å². The number of hydrogen-bond acceptors (Lipinski definition) is 6. The molecule has 8 nitrogen and oxygen atoms in total. The molecule has 2 atom stereocenters. The highest BCUT2D eigenvalue weighted by molar-refractivity contribution is 9.10. The first-order valence-corrected chi connectivity index (χ1v) is 11.2. The number of anilines is 1. The van der Waals surface area contributed by atoms with E-state index >= 15 is 0 Å².